The molecule has 0 aromatic heterocycles. The zero-order valence-electron chi connectivity index (χ0n) is 19.1. The van der Waals surface area contributed by atoms with E-state index in [2.05, 4.69) is 29.6 Å². The molecule has 0 atom stereocenters. The fraction of sp³-hybridized carbons (Fsp3) is 0.500. The smallest absolute Gasteiger partial charge is 0.408 e. The Morgan fingerprint density at radius 3 is 1.97 bits per heavy atom. The third-order valence-corrected chi connectivity index (χ3v) is 8.29. The van der Waals surface area contributed by atoms with Crippen molar-refractivity contribution in [1.82, 2.24) is 5.32 Å². The Morgan fingerprint density at radius 2 is 1.39 bits per heavy atom. The SMILES string of the molecule is O=C(NC1(C(=O)O)CCC(C2CCCCC2)CC1)OCC1c2ccccc2-c2ccccc21. The van der Waals surface area contributed by atoms with Gasteiger partial charge < -0.3 is 15.2 Å². The van der Waals surface area contributed by atoms with Crippen molar-refractivity contribution in [3.8, 4) is 11.1 Å². The number of alkyl carbamates (subject to hydrolysis) is 1. The summed E-state index contributed by atoms with van der Waals surface area (Å²) in [6.45, 7) is 0.195. The molecule has 0 saturated heterocycles. The van der Waals surface area contributed by atoms with Gasteiger partial charge in [-0.05, 0) is 59.8 Å². The number of benzene rings is 2. The molecule has 2 N–H and O–H groups in total. The van der Waals surface area contributed by atoms with Gasteiger partial charge in [0.15, 0.2) is 0 Å². The van der Waals surface area contributed by atoms with Crippen LogP contribution in [0.25, 0.3) is 11.1 Å². The van der Waals surface area contributed by atoms with E-state index in [0.29, 0.717) is 18.8 Å². The number of amides is 1. The van der Waals surface area contributed by atoms with E-state index < -0.39 is 17.6 Å². The van der Waals surface area contributed by atoms with E-state index in [1.165, 1.54) is 43.2 Å². The second kappa shape index (κ2) is 9.20. The summed E-state index contributed by atoms with van der Waals surface area (Å²) in [7, 11) is 0. The molecule has 5 nitrogen and oxygen atoms in total. The lowest BCUT2D eigenvalue weighted by molar-refractivity contribution is -0.146. The number of nitrogens with one attached hydrogen (secondary N) is 1. The van der Waals surface area contributed by atoms with Crippen molar-refractivity contribution >= 4 is 12.1 Å². The summed E-state index contributed by atoms with van der Waals surface area (Å²) in [5.41, 5.74) is 3.42. The van der Waals surface area contributed by atoms with Crippen LogP contribution in [0.1, 0.15) is 74.8 Å². The van der Waals surface area contributed by atoms with E-state index in [1.54, 1.807) is 0 Å². The van der Waals surface area contributed by atoms with Gasteiger partial charge in [-0.2, -0.15) is 0 Å². The third kappa shape index (κ3) is 4.25. The number of hydrogen-bond acceptors (Lipinski definition) is 3. The summed E-state index contributed by atoms with van der Waals surface area (Å²) in [5.74, 6) is 0.325. The van der Waals surface area contributed by atoms with Crippen LogP contribution in [-0.4, -0.2) is 29.3 Å². The van der Waals surface area contributed by atoms with Gasteiger partial charge in [0.1, 0.15) is 12.1 Å². The average molecular weight is 448 g/mol. The van der Waals surface area contributed by atoms with Crippen LogP contribution < -0.4 is 5.32 Å². The van der Waals surface area contributed by atoms with Crippen LogP contribution in [0.3, 0.4) is 0 Å². The fourth-order valence-corrected chi connectivity index (χ4v) is 6.43. The van der Waals surface area contributed by atoms with Crippen LogP contribution >= 0.6 is 0 Å². The van der Waals surface area contributed by atoms with Crippen LogP contribution in [0, 0.1) is 11.8 Å². The molecule has 0 bridgehead atoms. The number of ether oxygens (including phenoxy) is 1. The van der Waals surface area contributed by atoms with Crippen LogP contribution in [-0.2, 0) is 9.53 Å². The summed E-state index contributed by atoms with van der Waals surface area (Å²) in [5, 5.41) is 12.8. The Hall–Kier alpha value is -2.82. The van der Waals surface area contributed by atoms with Gasteiger partial charge in [-0.15, -0.1) is 0 Å². The van der Waals surface area contributed by atoms with Gasteiger partial charge in [-0.25, -0.2) is 9.59 Å². The number of fused-ring (bicyclic) bond motifs is 3. The van der Waals surface area contributed by atoms with E-state index in [4.69, 9.17) is 4.74 Å². The Bertz CT molecular complexity index is 973. The molecule has 1 amide bonds. The first kappa shape index (κ1) is 22.0. The van der Waals surface area contributed by atoms with Gasteiger partial charge in [0, 0.05) is 5.92 Å². The predicted molar refractivity (Wildman–Crippen MR) is 127 cm³/mol. The molecule has 0 aliphatic heterocycles. The average Bonchev–Trinajstić information content (AvgIpc) is 3.17. The highest BCUT2D eigenvalue weighted by molar-refractivity contribution is 5.84. The highest BCUT2D eigenvalue weighted by atomic mass is 16.5. The Morgan fingerprint density at radius 1 is 0.848 bits per heavy atom. The van der Waals surface area contributed by atoms with Gasteiger partial charge in [-0.1, -0.05) is 80.6 Å². The number of rotatable bonds is 5. The maximum atomic E-state index is 12.8. The monoisotopic (exact) mass is 447 g/mol. The topological polar surface area (TPSA) is 75.6 Å². The Balaban J connectivity index is 1.23. The van der Waals surface area contributed by atoms with Gasteiger partial charge in [-0.3, -0.25) is 0 Å². The van der Waals surface area contributed by atoms with Crippen molar-refractivity contribution < 1.29 is 19.4 Å². The van der Waals surface area contributed by atoms with Crippen molar-refractivity contribution in [1.29, 1.82) is 0 Å². The molecule has 0 heterocycles. The van der Waals surface area contributed by atoms with Crippen molar-refractivity contribution in [3.05, 3.63) is 59.7 Å². The number of carboxylic acids is 1. The quantitative estimate of drug-likeness (QED) is 0.579. The number of carbonyl (C=O) groups excluding carboxylic acids is 1. The molecule has 33 heavy (non-hydrogen) atoms. The Kier molecular flexibility index (Phi) is 6.13. The van der Waals surface area contributed by atoms with E-state index in [1.807, 2.05) is 24.3 Å². The lowest BCUT2D eigenvalue weighted by Gasteiger charge is -2.40. The molecule has 174 valence electrons. The van der Waals surface area contributed by atoms with Gasteiger partial charge in [0.2, 0.25) is 0 Å². The highest BCUT2D eigenvalue weighted by Crippen LogP contribution is 2.45. The molecular weight excluding hydrogens is 414 g/mol. The minimum atomic E-state index is -1.21. The lowest BCUT2D eigenvalue weighted by atomic mass is 9.68. The molecule has 0 spiro atoms. The van der Waals surface area contributed by atoms with Crippen molar-refractivity contribution in [2.45, 2.75) is 69.2 Å². The maximum absolute atomic E-state index is 12.8. The molecule has 5 rings (SSSR count). The molecule has 2 saturated carbocycles. The number of carbonyl (C=O) groups is 2. The molecule has 0 radical (unpaired) electrons. The second-order valence-corrected chi connectivity index (χ2v) is 10.1. The van der Waals surface area contributed by atoms with E-state index in [9.17, 15) is 14.7 Å². The van der Waals surface area contributed by atoms with Crippen LogP contribution in [0.2, 0.25) is 0 Å². The highest BCUT2D eigenvalue weighted by Gasteiger charge is 2.45. The molecular formula is C28H33NO4. The minimum absolute atomic E-state index is 0.0361. The molecule has 2 fully saturated rings. The van der Waals surface area contributed by atoms with Crippen LogP contribution in [0.4, 0.5) is 4.79 Å². The van der Waals surface area contributed by atoms with Crippen molar-refractivity contribution in [3.63, 3.8) is 0 Å². The van der Waals surface area contributed by atoms with E-state index in [0.717, 1.165) is 29.9 Å². The number of aliphatic carboxylic acids is 1. The summed E-state index contributed by atoms with van der Waals surface area (Å²) >= 11 is 0. The lowest BCUT2D eigenvalue weighted by Crippen LogP contribution is -2.57. The molecule has 3 aliphatic rings. The second-order valence-electron chi connectivity index (χ2n) is 10.1. The number of hydrogen-bond donors (Lipinski definition) is 2. The van der Waals surface area contributed by atoms with Crippen LogP contribution in [0.5, 0.6) is 0 Å². The zero-order valence-corrected chi connectivity index (χ0v) is 19.1. The Labute approximate surface area is 195 Å². The first-order chi connectivity index (χ1) is 16.1. The first-order valence-corrected chi connectivity index (χ1v) is 12.4. The maximum Gasteiger partial charge on any atom is 0.408 e. The van der Waals surface area contributed by atoms with E-state index in [-0.39, 0.29) is 12.5 Å². The van der Waals surface area contributed by atoms with Gasteiger partial charge >= 0.3 is 12.1 Å². The fourth-order valence-electron chi connectivity index (χ4n) is 6.43. The molecule has 5 heteroatoms. The van der Waals surface area contributed by atoms with Crippen molar-refractivity contribution in [2.24, 2.45) is 11.8 Å². The molecule has 2 aromatic carbocycles. The largest absolute Gasteiger partial charge is 0.480 e. The summed E-state index contributed by atoms with van der Waals surface area (Å²) in [6.07, 6.45) is 8.51. The third-order valence-electron chi connectivity index (χ3n) is 8.29. The first-order valence-electron chi connectivity index (χ1n) is 12.4. The standard InChI is InChI=1S/C28H33NO4/c30-26(31)28(16-14-20(15-17-28)19-8-2-1-3-9-19)29-27(32)33-18-25-23-12-6-4-10-21(23)22-11-5-7-13-24(22)25/h4-7,10-13,19-20,25H,1-3,8-9,14-18H2,(H,29,32)(H,30,31). The summed E-state index contributed by atoms with van der Waals surface area (Å²) in [4.78, 5) is 25.0. The minimum Gasteiger partial charge on any atom is -0.480 e. The molecule has 2 aromatic rings. The summed E-state index contributed by atoms with van der Waals surface area (Å²) < 4.78 is 5.65. The summed E-state index contributed by atoms with van der Waals surface area (Å²) in [6, 6.07) is 16.4. The van der Waals surface area contributed by atoms with Crippen molar-refractivity contribution in [2.75, 3.05) is 6.61 Å². The molecule has 3 aliphatic carbocycles. The predicted octanol–water partition coefficient (Wildman–Crippen LogP) is 6.12. The normalized spacial score (nSPS) is 25.2. The van der Waals surface area contributed by atoms with Gasteiger partial charge in [0.25, 0.3) is 0 Å². The van der Waals surface area contributed by atoms with E-state index >= 15 is 0 Å². The molecule has 0 unspecified atom stereocenters. The zero-order chi connectivity index (χ0) is 22.8. The van der Waals surface area contributed by atoms with Gasteiger partial charge in [0.05, 0.1) is 0 Å². The number of carboxylic acid groups (broad SMARTS) is 1. The van der Waals surface area contributed by atoms with Crippen LogP contribution in [0.15, 0.2) is 48.5 Å².